The second-order valence-electron chi connectivity index (χ2n) is 7.89. The minimum Gasteiger partial charge on any atom is -0.489 e. The number of aromatic nitrogens is 1. The monoisotopic (exact) mass is 460 g/mol. The molecular weight excluding hydrogens is 438 g/mol. The van der Waals surface area contributed by atoms with Crippen LogP contribution in [-0.4, -0.2) is 35.6 Å². The van der Waals surface area contributed by atoms with Gasteiger partial charge in [-0.1, -0.05) is 0 Å². The Kier molecular flexibility index (Phi) is 6.03. The fourth-order valence-electron chi connectivity index (χ4n) is 3.28. The lowest BCUT2D eigenvalue weighted by molar-refractivity contribution is -0.122. The van der Waals surface area contributed by atoms with Crippen molar-refractivity contribution in [1.29, 1.82) is 0 Å². The third-order valence-corrected chi connectivity index (χ3v) is 5.35. The third kappa shape index (κ3) is 5.13. The minimum atomic E-state index is -2.99. The molecule has 2 aliphatic rings. The molecule has 5 N–H and O–H groups in total. The fraction of sp³-hybridized carbons (Fsp3) is 0.318. The molecule has 4 rings (SSSR count). The van der Waals surface area contributed by atoms with Crippen molar-refractivity contribution in [1.82, 2.24) is 10.3 Å². The van der Waals surface area contributed by atoms with Crippen molar-refractivity contribution < 1.29 is 32.3 Å². The average Bonchev–Trinajstić information content (AvgIpc) is 3.49. The molecule has 2 amide bonds. The van der Waals surface area contributed by atoms with Crippen molar-refractivity contribution in [2.24, 2.45) is 17.4 Å². The molecule has 11 heteroatoms. The summed E-state index contributed by atoms with van der Waals surface area (Å²) >= 11 is 0. The smallest absolute Gasteiger partial charge is 0.387 e. The van der Waals surface area contributed by atoms with Crippen LogP contribution in [0.5, 0.6) is 11.5 Å². The third-order valence-electron chi connectivity index (χ3n) is 5.35. The lowest BCUT2D eigenvalue weighted by Crippen LogP contribution is -2.55. The zero-order chi connectivity index (χ0) is 23.6. The highest BCUT2D eigenvalue weighted by Crippen LogP contribution is 2.36. The van der Waals surface area contributed by atoms with E-state index >= 15 is 0 Å². The number of benzene rings is 1. The zero-order valence-electron chi connectivity index (χ0n) is 17.4. The number of oxazole rings is 1. The Morgan fingerprint density at radius 2 is 2.06 bits per heavy atom. The number of dihydropyridines is 1. The Labute approximate surface area is 187 Å². The van der Waals surface area contributed by atoms with E-state index in [1.807, 2.05) is 0 Å². The van der Waals surface area contributed by atoms with Crippen LogP contribution in [0.2, 0.25) is 0 Å². The van der Waals surface area contributed by atoms with Gasteiger partial charge in [-0.25, -0.2) is 4.98 Å². The molecule has 1 atom stereocenters. The van der Waals surface area contributed by atoms with Crippen LogP contribution in [0.15, 0.2) is 52.8 Å². The Morgan fingerprint density at radius 3 is 2.67 bits per heavy atom. The predicted molar refractivity (Wildman–Crippen MR) is 112 cm³/mol. The Bertz CT molecular complexity index is 1130. The molecule has 2 aromatic rings. The Morgan fingerprint density at radius 1 is 1.27 bits per heavy atom. The van der Waals surface area contributed by atoms with Gasteiger partial charge in [0.15, 0.2) is 11.5 Å². The van der Waals surface area contributed by atoms with E-state index in [-0.39, 0.29) is 29.4 Å². The highest BCUT2D eigenvalue weighted by atomic mass is 19.3. The van der Waals surface area contributed by atoms with Crippen LogP contribution in [-0.2, 0) is 16.0 Å². The van der Waals surface area contributed by atoms with Gasteiger partial charge in [-0.15, -0.1) is 0 Å². The van der Waals surface area contributed by atoms with Gasteiger partial charge in [0.05, 0.1) is 17.9 Å². The maximum absolute atomic E-state index is 12.7. The molecular formula is C22H22F2N4O5. The van der Waals surface area contributed by atoms with E-state index in [2.05, 4.69) is 15.0 Å². The normalized spacial score (nSPS) is 19.7. The number of carbonyl (C=O) groups excluding carboxylic acids is 2. The summed E-state index contributed by atoms with van der Waals surface area (Å²) in [4.78, 5) is 27.8. The zero-order valence-corrected chi connectivity index (χ0v) is 17.4. The SMILES string of the molecule is NC(=O)C1=CNC(Cc2coc(-c3ccc(OC(F)F)c(OCC4CC4)c3)n2)(C(N)=O)C=C1. The molecule has 0 bridgehead atoms. The summed E-state index contributed by atoms with van der Waals surface area (Å²) < 4.78 is 41.2. The lowest BCUT2D eigenvalue weighted by atomic mass is 9.89. The molecule has 1 fully saturated rings. The summed E-state index contributed by atoms with van der Waals surface area (Å²) in [6.07, 6.45) is 7.64. The first-order chi connectivity index (χ1) is 15.8. The highest BCUT2D eigenvalue weighted by Gasteiger charge is 2.36. The van der Waals surface area contributed by atoms with E-state index in [0.29, 0.717) is 23.8 Å². The summed E-state index contributed by atoms with van der Waals surface area (Å²) in [6, 6.07) is 4.39. The van der Waals surface area contributed by atoms with Crippen molar-refractivity contribution >= 4 is 11.8 Å². The number of amides is 2. The number of primary amides is 2. The van der Waals surface area contributed by atoms with Crippen molar-refractivity contribution in [3.8, 4) is 23.0 Å². The van der Waals surface area contributed by atoms with Gasteiger partial charge < -0.3 is 30.7 Å². The number of nitrogens with two attached hydrogens (primary N) is 2. The quantitative estimate of drug-likeness (QED) is 0.492. The van der Waals surface area contributed by atoms with Gasteiger partial charge in [-0.2, -0.15) is 8.78 Å². The van der Waals surface area contributed by atoms with E-state index in [1.165, 1.54) is 42.8 Å². The van der Waals surface area contributed by atoms with E-state index in [4.69, 9.17) is 20.6 Å². The van der Waals surface area contributed by atoms with Crippen LogP contribution < -0.4 is 26.3 Å². The first kappa shape index (κ1) is 22.3. The predicted octanol–water partition coefficient (Wildman–Crippen LogP) is 2.03. The average molecular weight is 460 g/mol. The molecule has 174 valence electrons. The van der Waals surface area contributed by atoms with Gasteiger partial charge in [0.25, 0.3) is 0 Å². The van der Waals surface area contributed by atoms with Crippen LogP contribution >= 0.6 is 0 Å². The summed E-state index contributed by atoms with van der Waals surface area (Å²) in [6.45, 7) is -2.59. The fourth-order valence-corrected chi connectivity index (χ4v) is 3.28. The lowest BCUT2D eigenvalue weighted by Gasteiger charge is -2.29. The van der Waals surface area contributed by atoms with Gasteiger partial charge in [-0.3, -0.25) is 9.59 Å². The molecule has 1 aromatic carbocycles. The molecule has 1 aromatic heterocycles. The van der Waals surface area contributed by atoms with Gasteiger partial charge >= 0.3 is 6.61 Å². The number of ether oxygens (including phenoxy) is 2. The largest absolute Gasteiger partial charge is 0.489 e. The molecule has 1 unspecified atom stereocenters. The van der Waals surface area contributed by atoms with Crippen LogP contribution in [0.4, 0.5) is 8.78 Å². The second kappa shape index (κ2) is 8.93. The summed E-state index contributed by atoms with van der Waals surface area (Å²) in [5, 5.41) is 2.82. The summed E-state index contributed by atoms with van der Waals surface area (Å²) in [5.74, 6) is -0.660. The van der Waals surface area contributed by atoms with Crippen molar-refractivity contribution in [3.05, 3.63) is 54.1 Å². The number of hydrogen-bond acceptors (Lipinski definition) is 7. The highest BCUT2D eigenvalue weighted by molar-refractivity contribution is 5.96. The van der Waals surface area contributed by atoms with Gasteiger partial charge in [0, 0.05) is 18.2 Å². The number of nitrogens with one attached hydrogen (secondary N) is 1. The summed E-state index contributed by atoms with van der Waals surface area (Å²) in [5.41, 5.74) is 10.6. The maximum Gasteiger partial charge on any atom is 0.387 e. The Hall–Kier alpha value is -3.89. The van der Waals surface area contributed by atoms with E-state index in [9.17, 15) is 18.4 Å². The number of alkyl halides is 2. The van der Waals surface area contributed by atoms with Crippen molar-refractivity contribution in [2.75, 3.05) is 6.61 Å². The molecule has 9 nitrogen and oxygen atoms in total. The van der Waals surface area contributed by atoms with Crippen LogP contribution in [0.1, 0.15) is 18.5 Å². The van der Waals surface area contributed by atoms with E-state index < -0.39 is 24.0 Å². The van der Waals surface area contributed by atoms with Crippen molar-refractivity contribution in [3.63, 3.8) is 0 Å². The molecule has 2 heterocycles. The maximum atomic E-state index is 12.7. The standard InChI is InChI=1S/C22H22F2N4O5/c23-21(24)33-16-4-3-13(7-17(16)31-10-12-1-2-12)19-28-15(11-32-19)8-22(20(26)30)6-5-14(9-27-22)18(25)29/h3-7,9,11-12,21,27H,1-2,8,10H2,(H2,25,29)(H2,26,30). The van der Waals surface area contributed by atoms with Gasteiger partial charge in [0.2, 0.25) is 17.7 Å². The summed E-state index contributed by atoms with van der Waals surface area (Å²) in [7, 11) is 0. The topological polar surface area (TPSA) is 143 Å². The van der Waals surface area contributed by atoms with Crippen molar-refractivity contribution in [2.45, 2.75) is 31.4 Å². The second-order valence-corrected chi connectivity index (χ2v) is 7.89. The van der Waals surface area contributed by atoms with Crippen LogP contribution in [0.3, 0.4) is 0 Å². The first-order valence-electron chi connectivity index (χ1n) is 10.2. The van der Waals surface area contributed by atoms with Crippen LogP contribution in [0, 0.1) is 5.92 Å². The molecule has 33 heavy (non-hydrogen) atoms. The molecule has 0 saturated heterocycles. The van der Waals surface area contributed by atoms with Gasteiger partial charge in [0.1, 0.15) is 11.8 Å². The van der Waals surface area contributed by atoms with Crippen LogP contribution in [0.25, 0.3) is 11.5 Å². The van der Waals surface area contributed by atoms with E-state index in [0.717, 1.165) is 12.8 Å². The molecule has 1 aliphatic carbocycles. The molecule has 1 aliphatic heterocycles. The molecule has 0 spiro atoms. The first-order valence-corrected chi connectivity index (χ1v) is 10.2. The Balaban J connectivity index is 1.54. The number of halogens is 2. The number of nitrogens with zero attached hydrogens (tertiary/aromatic N) is 1. The number of rotatable bonds is 10. The van der Waals surface area contributed by atoms with E-state index in [1.54, 1.807) is 0 Å². The molecule has 1 saturated carbocycles. The molecule has 0 radical (unpaired) electrons. The van der Waals surface area contributed by atoms with Gasteiger partial charge in [-0.05, 0) is 49.1 Å². The minimum absolute atomic E-state index is 0.0302. The number of hydrogen-bond donors (Lipinski definition) is 3. The number of carbonyl (C=O) groups is 2.